The van der Waals surface area contributed by atoms with Crippen LogP contribution in [-0.4, -0.2) is 25.5 Å². The van der Waals surface area contributed by atoms with Gasteiger partial charge in [0.1, 0.15) is 0 Å². The molecule has 100 valence electrons. The van der Waals surface area contributed by atoms with Crippen molar-refractivity contribution in [2.75, 3.05) is 13.7 Å². The Labute approximate surface area is 105 Å². The van der Waals surface area contributed by atoms with E-state index in [4.69, 9.17) is 5.73 Å². The number of hydrogen-bond donors (Lipinski definition) is 1. The lowest BCUT2D eigenvalue weighted by atomic mass is 9.75. The molecule has 0 radical (unpaired) electrons. The van der Waals surface area contributed by atoms with Gasteiger partial charge in [0.2, 0.25) is 0 Å². The Hall–Kier alpha value is -1.49. The smallest absolute Gasteiger partial charge is 0.323 e. The summed E-state index contributed by atoms with van der Waals surface area (Å²) >= 11 is 0. The Morgan fingerprint density at radius 3 is 2.17 bits per heavy atom. The summed E-state index contributed by atoms with van der Waals surface area (Å²) in [7, 11) is 1.08. The number of aryl methyl sites for hydroxylation is 1. The molecule has 0 saturated heterocycles. The third-order valence-electron chi connectivity index (χ3n) is 3.13. The zero-order chi connectivity index (χ0) is 14.0. The minimum absolute atomic E-state index is 0.162. The standard InChI is InChI=1S/C13H17F2NO2/c1-9-4-6-10(7-5-9)13(8-16,11(17)18-3)12(2,14)15/h4-7H,8,16H2,1-3H3. The molecule has 0 aromatic heterocycles. The van der Waals surface area contributed by atoms with Crippen molar-refractivity contribution in [2.24, 2.45) is 5.73 Å². The Balaban J connectivity index is 3.45. The molecule has 0 heterocycles. The van der Waals surface area contributed by atoms with Crippen molar-refractivity contribution in [1.29, 1.82) is 0 Å². The number of methoxy groups -OCH3 is 1. The summed E-state index contributed by atoms with van der Waals surface area (Å²) in [6.07, 6.45) is 0. The Morgan fingerprint density at radius 1 is 1.33 bits per heavy atom. The van der Waals surface area contributed by atoms with E-state index in [0.717, 1.165) is 12.7 Å². The quantitative estimate of drug-likeness (QED) is 0.839. The monoisotopic (exact) mass is 257 g/mol. The molecule has 0 aliphatic carbocycles. The second kappa shape index (κ2) is 5.02. The first-order chi connectivity index (χ1) is 8.29. The van der Waals surface area contributed by atoms with Crippen LogP contribution in [-0.2, 0) is 14.9 Å². The number of carbonyl (C=O) groups excluding carboxylic acids is 1. The minimum atomic E-state index is -3.32. The lowest BCUT2D eigenvalue weighted by molar-refractivity contribution is -0.163. The maximum Gasteiger partial charge on any atom is 0.323 e. The van der Waals surface area contributed by atoms with Gasteiger partial charge in [-0.15, -0.1) is 0 Å². The van der Waals surface area contributed by atoms with Crippen LogP contribution in [0.2, 0.25) is 0 Å². The van der Waals surface area contributed by atoms with Crippen molar-refractivity contribution in [3.05, 3.63) is 35.4 Å². The van der Waals surface area contributed by atoms with E-state index in [1.165, 1.54) is 12.1 Å². The first kappa shape index (κ1) is 14.6. The van der Waals surface area contributed by atoms with Gasteiger partial charge in [-0.05, 0) is 12.5 Å². The molecule has 0 amide bonds. The van der Waals surface area contributed by atoms with Crippen LogP contribution in [0.3, 0.4) is 0 Å². The van der Waals surface area contributed by atoms with Crippen molar-refractivity contribution < 1.29 is 18.3 Å². The van der Waals surface area contributed by atoms with E-state index in [0.29, 0.717) is 6.92 Å². The third-order valence-corrected chi connectivity index (χ3v) is 3.13. The Morgan fingerprint density at radius 2 is 1.83 bits per heavy atom. The van der Waals surface area contributed by atoms with Gasteiger partial charge in [0.05, 0.1) is 7.11 Å². The maximum absolute atomic E-state index is 13.9. The second-order valence-electron chi connectivity index (χ2n) is 4.36. The van der Waals surface area contributed by atoms with Gasteiger partial charge >= 0.3 is 5.97 Å². The molecule has 1 aromatic carbocycles. The molecule has 1 aromatic rings. The number of benzene rings is 1. The van der Waals surface area contributed by atoms with E-state index < -0.39 is 23.9 Å². The molecule has 0 aliphatic heterocycles. The highest BCUT2D eigenvalue weighted by atomic mass is 19.3. The number of carbonyl (C=O) groups is 1. The average Bonchev–Trinajstić information content (AvgIpc) is 2.30. The predicted octanol–water partition coefficient (Wildman–Crippen LogP) is 2.02. The van der Waals surface area contributed by atoms with Gasteiger partial charge in [-0.25, -0.2) is 8.78 Å². The number of halogens is 2. The van der Waals surface area contributed by atoms with E-state index in [2.05, 4.69) is 4.74 Å². The SMILES string of the molecule is COC(=O)C(CN)(c1ccc(C)cc1)C(C)(F)F. The minimum Gasteiger partial charge on any atom is -0.468 e. The number of hydrogen-bond acceptors (Lipinski definition) is 3. The lowest BCUT2D eigenvalue weighted by Crippen LogP contribution is -2.55. The molecule has 3 nitrogen and oxygen atoms in total. The van der Waals surface area contributed by atoms with Crippen molar-refractivity contribution in [2.45, 2.75) is 25.2 Å². The summed E-state index contributed by atoms with van der Waals surface area (Å²) in [6.45, 7) is 1.99. The summed E-state index contributed by atoms with van der Waals surface area (Å²) in [4.78, 5) is 11.8. The summed E-state index contributed by atoms with van der Waals surface area (Å²) in [5.41, 5.74) is 4.39. The molecule has 0 fully saturated rings. The number of rotatable bonds is 4. The molecule has 1 rings (SSSR count). The zero-order valence-corrected chi connectivity index (χ0v) is 10.7. The number of nitrogens with two attached hydrogens (primary N) is 1. The highest BCUT2D eigenvalue weighted by Gasteiger charge is 2.57. The van der Waals surface area contributed by atoms with Gasteiger partial charge in [-0.3, -0.25) is 4.79 Å². The molecule has 1 unspecified atom stereocenters. The Bertz CT molecular complexity index is 426. The number of ether oxygens (including phenoxy) is 1. The maximum atomic E-state index is 13.9. The van der Waals surface area contributed by atoms with E-state index in [1.54, 1.807) is 12.1 Å². The normalized spacial score (nSPS) is 15.0. The van der Waals surface area contributed by atoms with Gasteiger partial charge in [-0.1, -0.05) is 29.8 Å². The fourth-order valence-electron chi connectivity index (χ4n) is 1.94. The van der Waals surface area contributed by atoms with Crippen LogP contribution in [0.15, 0.2) is 24.3 Å². The van der Waals surface area contributed by atoms with Crippen LogP contribution in [0.25, 0.3) is 0 Å². The average molecular weight is 257 g/mol. The highest BCUT2D eigenvalue weighted by molar-refractivity contribution is 5.85. The van der Waals surface area contributed by atoms with E-state index in [1.807, 2.05) is 6.92 Å². The van der Waals surface area contributed by atoms with Gasteiger partial charge < -0.3 is 10.5 Å². The fraction of sp³-hybridized carbons (Fsp3) is 0.462. The Kier molecular flexibility index (Phi) is 4.06. The van der Waals surface area contributed by atoms with E-state index in [-0.39, 0.29) is 5.56 Å². The largest absolute Gasteiger partial charge is 0.468 e. The van der Waals surface area contributed by atoms with E-state index in [9.17, 15) is 13.6 Å². The van der Waals surface area contributed by atoms with Crippen LogP contribution in [0.1, 0.15) is 18.1 Å². The fourth-order valence-corrected chi connectivity index (χ4v) is 1.94. The molecule has 0 aliphatic rings. The summed E-state index contributed by atoms with van der Waals surface area (Å²) in [5, 5.41) is 0. The molecular formula is C13H17F2NO2. The molecule has 2 N–H and O–H groups in total. The molecule has 0 spiro atoms. The molecule has 1 atom stereocenters. The lowest BCUT2D eigenvalue weighted by Gasteiger charge is -2.35. The number of alkyl halides is 2. The molecular weight excluding hydrogens is 240 g/mol. The molecule has 0 bridgehead atoms. The van der Waals surface area contributed by atoms with Crippen LogP contribution >= 0.6 is 0 Å². The molecule has 18 heavy (non-hydrogen) atoms. The molecule has 0 saturated carbocycles. The summed E-state index contributed by atoms with van der Waals surface area (Å²) < 4.78 is 32.3. The molecule has 5 heteroatoms. The second-order valence-corrected chi connectivity index (χ2v) is 4.36. The van der Waals surface area contributed by atoms with Crippen LogP contribution in [0.4, 0.5) is 8.78 Å². The van der Waals surface area contributed by atoms with Crippen molar-refractivity contribution in [3.8, 4) is 0 Å². The van der Waals surface area contributed by atoms with Gasteiger partial charge in [0.15, 0.2) is 5.41 Å². The first-order valence-electron chi connectivity index (χ1n) is 5.53. The van der Waals surface area contributed by atoms with Crippen LogP contribution < -0.4 is 5.73 Å². The third kappa shape index (κ3) is 2.22. The summed E-state index contributed by atoms with van der Waals surface area (Å²) in [5.74, 6) is -4.34. The van der Waals surface area contributed by atoms with Crippen LogP contribution in [0.5, 0.6) is 0 Å². The summed E-state index contributed by atoms with van der Waals surface area (Å²) in [6, 6.07) is 6.29. The highest BCUT2D eigenvalue weighted by Crippen LogP contribution is 2.40. The van der Waals surface area contributed by atoms with E-state index >= 15 is 0 Å². The van der Waals surface area contributed by atoms with Crippen molar-refractivity contribution in [1.82, 2.24) is 0 Å². The van der Waals surface area contributed by atoms with Crippen LogP contribution in [0, 0.1) is 6.92 Å². The first-order valence-corrected chi connectivity index (χ1v) is 5.53. The van der Waals surface area contributed by atoms with Crippen molar-refractivity contribution >= 4 is 5.97 Å². The number of esters is 1. The predicted molar refractivity (Wildman–Crippen MR) is 64.5 cm³/mol. The van der Waals surface area contributed by atoms with Gasteiger partial charge in [0.25, 0.3) is 5.92 Å². The topological polar surface area (TPSA) is 52.3 Å². The van der Waals surface area contributed by atoms with Gasteiger partial charge in [-0.2, -0.15) is 0 Å². The zero-order valence-electron chi connectivity index (χ0n) is 10.7. The van der Waals surface area contributed by atoms with Gasteiger partial charge in [0, 0.05) is 13.5 Å². The van der Waals surface area contributed by atoms with Crippen molar-refractivity contribution in [3.63, 3.8) is 0 Å².